The van der Waals surface area contributed by atoms with Crippen molar-refractivity contribution in [3.63, 3.8) is 0 Å². The maximum Gasteiger partial charge on any atom is 0.263 e. The quantitative estimate of drug-likeness (QED) is 0.749. The topological polar surface area (TPSA) is 69.6 Å². The van der Waals surface area contributed by atoms with Crippen LogP contribution >= 0.6 is 11.6 Å². The maximum atomic E-state index is 12.7. The molecule has 3 aromatic rings. The van der Waals surface area contributed by atoms with Gasteiger partial charge in [-0.15, -0.1) is 0 Å². The second-order valence-electron chi connectivity index (χ2n) is 5.97. The van der Waals surface area contributed by atoms with Crippen LogP contribution in [0.1, 0.15) is 15.9 Å². The van der Waals surface area contributed by atoms with Gasteiger partial charge in [-0.3, -0.25) is 9.59 Å². The molecule has 27 heavy (non-hydrogen) atoms. The van der Waals surface area contributed by atoms with E-state index in [0.29, 0.717) is 22.2 Å². The van der Waals surface area contributed by atoms with Crippen LogP contribution in [-0.2, 0) is 6.54 Å². The summed E-state index contributed by atoms with van der Waals surface area (Å²) in [6.45, 7) is 0.432. The molecule has 0 saturated heterocycles. The third-order valence-electron chi connectivity index (χ3n) is 4.19. The first-order valence-corrected chi connectivity index (χ1v) is 8.63. The molecule has 1 aliphatic heterocycles. The average molecular weight is 383 g/mol. The van der Waals surface area contributed by atoms with Gasteiger partial charge in [-0.05, 0) is 35.9 Å². The largest absolute Gasteiger partial charge is 0.454 e. The number of pyridine rings is 1. The van der Waals surface area contributed by atoms with Crippen molar-refractivity contribution in [1.29, 1.82) is 0 Å². The maximum absolute atomic E-state index is 12.7. The molecule has 1 amide bonds. The second-order valence-corrected chi connectivity index (χ2v) is 6.38. The highest BCUT2D eigenvalue weighted by atomic mass is 35.5. The number of hydrogen-bond donors (Lipinski definition) is 1. The van der Waals surface area contributed by atoms with Crippen molar-refractivity contribution in [2.45, 2.75) is 6.54 Å². The number of anilines is 1. The number of carbonyl (C=O) groups is 1. The SMILES string of the molecule is O=C(Nc1ccc2c(c1)OCO2)c1cccn(Cc2ccccc2Cl)c1=O. The summed E-state index contributed by atoms with van der Waals surface area (Å²) in [7, 11) is 0. The summed E-state index contributed by atoms with van der Waals surface area (Å²) in [5, 5.41) is 3.29. The van der Waals surface area contributed by atoms with E-state index in [1.165, 1.54) is 10.6 Å². The zero-order valence-electron chi connectivity index (χ0n) is 14.1. The van der Waals surface area contributed by atoms with E-state index in [-0.39, 0.29) is 18.9 Å². The van der Waals surface area contributed by atoms with Gasteiger partial charge in [-0.1, -0.05) is 29.8 Å². The molecule has 0 saturated carbocycles. The molecule has 0 fully saturated rings. The molecule has 0 aliphatic carbocycles. The van der Waals surface area contributed by atoms with Crippen LogP contribution in [0.25, 0.3) is 0 Å². The molecule has 7 heteroatoms. The summed E-state index contributed by atoms with van der Waals surface area (Å²) in [6, 6.07) is 15.5. The highest BCUT2D eigenvalue weighted by Crippen LogP contribution is 2.34. The minimum Gasteiger partial charge on any atom is -0.454 e. The van der Waals surface area contributed by atoms with Crippen molar-refractivity contribution in [1.82, 2.24) is 4.57 Å². The van der Waals surface area contributed by atoms with Crippen LogP contribution in [0.2, 0.25) is 5.02 Å². The Morgan fingerprint density at radius 1 is 1.07 bits per heavy atom. The lowest BCUT2D eigenvalue weighted by atomic mass is 10.2. The van der Waals surface area contributed by atoms with Crippen molar-refractivity contribution in [2.75, 3.05) is 12.1 Å². The minimum absolute atomic E-state index is 0.0437. The van der Waals surface area contributed by atoms with Crippen molar-refractivity contribution in [3.05, 3.63) is 87.3 Å². The third kappa shape index (κ3) is 3.52. The van der Waals surface area contributed by atoms with Gasteiger partial charge in [0.25, 0.3) is 11.5 Å². The Kier molecular flexibility index (Phi) is 4.56. The van der Waals surface area contributed by atoms with Gasteiger partial charge in [-0.2, -0.15) is 0 Å². The van der Waals surface area contributed by atoms with E-state index in [1.807, 2.05) is 18.2 Å². The summed E-state index contributed by atoms with van der Waals surface area (Å²) in [5.74, 6) is 0.680. The molecular formula is C20H15ClN2O4. The number of benzene rings is 2. The van der Waals surface area contributed by atoms with Crippen LogP contribution in [0.3, 0.4) is 0 Å². The molecule has 4 rings (SSSR count). The van der Waals surface area contributed by atoms with E-state index in [9.17, 15) is 9.59 Å². The predicted octanol–water partition coefficient (Wildman–Crippen LogP) is 3.53. The first-order chi connectivity index (χ1) is 13.1. The number of halogens is 1. The van der Waals surface area contributed by atoms with Gasteiger partial charge in [0.1, 0.15) is 5.56 Å². The molecular weight excluding hydrogens is 368 g/mol. The number of ether oxygens (including phenoxy) is 2. The van der Waals surface area contributed by atoms with Crippen LogP contribution in [0.5, 0.6) is 11.5 Å². The number of fused-ring (bicyclic) bond motifs is 1. The fraction of sp³-hybridized carbons (Fsp3) is 0.100. The van der Waals surface area contributed by atoms with Crippen LogP contribution in [0.15, 0.2) is 65.6 Å². The Balaban J connectivity index is 1.58. The monoisotopic (exact) mass is 382 g/mol. The van der Waals surface area contributed by atoms with Crippen LogP contribution < -0.4 is 20.3 Å². The number of aromatic nitrogens is 1. The van der Waals surface area contributed by atoms with Gasteiger partial charge in [0.2, 0.25) is 6.79 Å². The summed E-state index contributed by atoms with van der Waals surface area (Å²) < 4.78 is 12.0. The Bertz CT molecular complexity index is 1080. The summed E-state index contributed by atoms with van der Waals surface area (Å²) in [6.07, 6.45) is 1.63. The van der Waals surface area contributed by atoms with Gasteiger partial charge >= 0.3 is 0 Å². The van der Waals surface area contributed by atoms with Crippen LogP contribution in [-0.4, -0.2) is 17.3 Å². The number of amides is 1. The smallest absolute Gasteiger partial charge is 0.263 e. The zero-order valence-corrected chi connectivity index (χ0v) is 14.9. The molecule has 136 valence electrons. The lowest BCUT2D eigenvalue weighted by Gasteiger charge is -2.10. The van der Waals surface area contributed by atoms with Gasteiger partial charge < -0.3 is 19.4 Å². The normalized spacial score (nSPS) is 12.0. The van der Waals surface area contributed by atoms with Gasteiger partial charge in [0, 0.05) is 23.0 Å². The Hall–Kier alpha value is -3.25. The molecule has 1 aromatic heterocycles. The first kappa shape index (κ1) is 17.2. The van der Waals surface area contributed by atoms with E-state index < -0.39 is 11.5 Å². The van der Waals surface area contributed by atoms with Crippen molar-refractivity contribution < 1.29 is 14.3 Å². The lowest BCUT2D eigenvalue weighted by molar-refractivity contribution is 0.102. The fourth-order valence-electron chi connectivity index (χ4n) is 2.82. The van der Waals surface area contributed by atoms with E-state index >= 15 is 0 Å². The van der Waals surface area contributed by atoms with Gasteiger partial charge in [0.15, 0.2) is 11.5 Å². The Morgan fingerprint density at radius 3 is 2.74 bits per heavy atom. The molecule has 6 nitrogen and oxygen atoms in total. The van der Waals surface area contributed by atoms with Crippen molar-refractivity contribution in [2.24, 2.45) is 0 Å². The third-order valence-corrected chi connectivity index (χ3v) is 4.56. The zero-order chi connectivity index (χ0) is 18.8. The highest BCUT2D eigenvalue weighted by Gasteiger charge is 2.16. The predicted molar refractivity (Wildman–Crippen MR) is 102 cm³/mol. The second kappa shape index (κ2) is 7.17. The number of hydrogen-bond acceptors (Lipinski definition) is 4. The average Bonchev–Trinajstić information content (AvgIpc) is 3.13. The molecule has 0 atom stereocenters. The summed E-state index contributed by atoms with van der Waals surface area (Å²) in [5.41, 5.74) is 0.970. The molecule has 0 bridgehead atoms. The highest BCUT2D eigenvalue weighted by molar-refractivity contribution is 6.31. The first-order valence-electron chi connectivity index (χ1n) is 8.26. The number of nitrogens with one attached hydrogen (secondary N) is 1. The Labute approximate surface area is 159 Å². The molecule has 2 heterocycles. The molecule has 0 unspecified atom stereocenters. The van der Waals surface area contributed by atoms with E-state index in [0.717, 1.165) is 5.56 Å². The molecule has 0 radical (unpaired) electrons. The minimum atomic E-state index is -0.493. The summed E-state index contributed by atoms with van der Waals surface area (Å²) >= 11 is 6.17. The fourth-order valence-corrected chi connectivity index (χ4v) is 3.01. The Morgan fingerprint density at radius 2 is 1.89 bits per heavy atom. The van der Waals surface area contributed by atoms with Crippen LogP contribution in [0.4, 0.5) is 5.69 Å². The number of carbonyl (C=O) groups excluding carboxylic acids is 1. The van der Waals surface area contributed by atoms with Crippen LogP contribution in [0, 0.1) is 0 Å². The summed E-state index contributed by atoms with van der Waals surface area (Å²) in [4.78, 5) is 25.3. The van der Waals surface area contributed by atoms with Crippen molar-refractivity contribution >= 4 is 23.2 Å². The number of nitrogens with zero attached hydrogens (tertiary/aromatic N) is 1. The molecule has 1 N–H and O–H groups in total. The van der Waals surface area contributed by atoms with Gasteiger partial charge in [0.05, 0.1) is 6.54 Å². The van der Waals surface area contributed by atoms with Crippen molar-refractivity contribution in [3.8, 4) is 11.5 Å². The van der Waals surface area contributed by atoms with Gasteiger partial charge in [-0.25, -0.2) is 0 Å². The number of rotatable bonds is 4. The van der Waals surface area contributed by atoms with E-state index in [2.05, 4.69) is 5.32 Å². The lowest BCUT2D eigenvalue weighted by Crippen LogP contribution is -2.29. The molecule has 1 aliphatic rings. The molecule has 0 spiro atoms. The molecule has 2 aromatic carbocycles. The standard InChI is InChI=1S/C20H15ClN2O4/c21-16-6-2-1-4-13(16)11-23-9-3-5-15(20(23)25)19(24)22-14-7-8-17-18(10-14)27-12-26-17/h1-10H,11-12H2,(H,22,24). The van der Waals surface area contributed by atoms with E-state index in [1.54, 1.807) is 36.5 Å². The van der Waals surface area contributed by atoms with E-state index in [4.69, 9.17) is 21.1 Å².